The van der Waals surface area contributed by atoms with Crippen molar-refractivity contribution in [1.29, 1.82) is 0 Å². The quantitative estimate of drug-likeness (QED) is 0.931. The molecule has 0 spiro atoms. The van der Waals surface area contributed by atoms with Gasteiger partial charge < -0.3 is 10.1 Å². The van der Waals surface area contributed by atoms with E-state index in [9.17, 15) is 9.18 Å². The van der Waals surface area contributed by atoms with Crippen molar-refractivity contribution >= 4 is 5.91 Å². The third-order valence-corrected chi connectivity index (χ3v) is 3.30. The molecule has 4 heteroatoms. The number of nitrogens with one attached hydrogen (secondary N) is 1. The number of amides is 1. The van der Waals surface area contributed by atoms with Crippen LogP contribution in [0.25, 0.3) is 0 Å². The number of rotatable bonds is 3. The minimum Gasteiger partial charge on any atom is -0.480 e. The molecule has 2 aromatic rings. The highest BCUT2D eigenvalue weighted by Crippen LogP contribution is 2.28. The minimum absolute atomic E-state index is 0.175. The number of para-hydroxylation sites is 1. The van der Waals surface area contributed by atoms with Crippen molar-refractivity contribution in [1.82, 2.24) is 5.32 Å². The smallest absolute Gasteiger partial charge is 0.261 e. The van der Waals surface area contributed by atoms with Crippen molar-refractivity contribution in [2.45, 2.75) is 19.1 Å². The molecule has 102 valence electrons. The molecule has 2 aromatic carbocycles. The Kier molecular flexibility index (Phi) is 3.37. The largest absolute Gasteiger partial charge is 0.480 e. The highest BCUT2D eigenvalue weighted by atomic mass is 19.1. The predicted molar refractivity (Wildman–Crippen MR) is 72.8 cm³/mol. The number of ether oxygens (including phenoxy) is 1. The summed E-state index contributed by atoms with van der Waals surface area (Å²) in [7, 11) is 0. The first-order valence-electron chi connectivity index (χ1n) is 6.49. The molecule has 0 aliphatic carbocycles. The molecule has 0 fully saturated rings. The van der Waals surface area contributed by atoms with E-state index < -0.39 is 6.10 Å². The van der Waals surface area contributed by atoms with Crippen LogP contribution in [0.5, 0.6) is 5.75 Å². The van der Waals surface area contributed by atoms with Crippen LogP contribution < -0.4 is 10.1 Å². The Morgan fingerprint density at radius 3 is 2.90 bits per heavy atom. The number of fused-ring (bicyclic) bond motifs is 1. The lowest BCUT2D eigenvalue weighted by Crippen LogP contribution is -2.37. The van der Waals surface area contributed by atoms with E-state index in [2.05, 4.69) is 5.32 Å². The molecule has 0 bridgehead atoms. The van der Waals surface area contributed by atoms with Crippen molar-refractivity contribution in [3.8, 4) is 5.75 Å². The normalized spacial score (nSPS) is 16.4. The Morgan fingerprint density at radius 1 is 1.25 bits per heavy atom. The Morgan fingerprint density at radius 2 is 2.10 bits per heavy atom. The van der Waals surface area contributed by atoms with E-state index in [0.29, 0.717) is 13.0 Å². The van der Waals surface area contributed by atoms with Crippen LogP contribution in [0, 0.1) is 5.82 Å². The summed E-state index contributed by atoms with van der Waals surface area (Å²) in [5, 5.41) is 2.77. The van der Waals surface area contributed by atoms with Crippen LogP contribution in [0.1, 0.15) is 11.1 Å². The van der Waals surface area contributed by atoms with Crippen molar-refractivity contribution in [3.63, 3.8) is 0 Å². The Bertz CT molecular complexity index is 617. The first kappa shape index (κ1) is 12.7. The van der Waals surface area contributed by atoms with Gasteiger partial charge in [-0.1, -0.05) is 30.3 Å². The SMILES string of the molecule is O=C(NCc1cccc(F)c1)C1Cc2ccccc2O1. The standard InChI is InChI=1S/C16H14FNO2/c17-13-6-3-4-11(8-13)10-18-16(19)15-9-12-5-1-2-7-14(12)20-15/h1-8,15H,9-10H2,(H,18,19). The number of carbonyl (C=O) groups excluding carboxylic acids is 1. The van der Waals surface area contributed by atoms with Gasteiger partial charge in [-0.2, -0.15) is 0 Å². The minimum atomic E-state index is -0.499. The first-order chi connectivity index (χ1) is 9.72. The van der Waals surface area contributed by atoms with Gasteiger partial charge in [0.25, 0.3) is 5.91 Å². The van der Waals surface area contributed by atoms with Crippen LogP contribution in [0.15, 0.2) is 48.5 Å². The number of benzene rings is 2. The summed E-state index contributed by atoms with van der Waals surface area (Å²) in [5.41, 5.74) is 1.77. The summed E-state index contributed by atoms with van der Waals surface area (Å²) in [5.74, 6) is 0.283. The molecule has 0 saturated carbocycles. The van der Waals surface area contributed by atoms with E-state index in [-0.39, 0.29) is 11.7 Å². The number of halogens is 1. The van der Waals surface area contributed by atoms with Gasteiger partial charge in [-0.3, -0.25) is 4.79 Å². The van der Waals surface area contributed by atoms with E-state index >= 15 is 0 Å². The summed E-state index contributed by atoms with van der Waals surface area (Å²) in [6.45, 7) is 0.298. The van der Waals surface area contributed by atoms with E-state index in [1.54, 1.807) is 12.1 Å². The number of hydrogen-bond donors (Lipinski definition) is 1. The third-order valence-electron chi connectivity index (χ3n) is 3.30. The predicted octanol–water partition coefficient (Wildman–Crippen LogP) is 2.45. The fourth-order valence-corrected chi connectivity index (χ4v) is 2.28. The average molecular weight is 271 g/mol. The third kappa shape index (κ3) is 2.64. The Balaban J connectivity index is 1.59. The molecule has 0 saturated heterocycles. The van der Waals surface area contributed by atoms with Gasteiger partial charge in [0, 0.05) is 13.0 Å². The molecule has 1 N–H and O–H groups in total. The van der Waals surface area contributed by atoms with Gasteiger partial charge in [0.15, 0.2) is 6.10 Å². The molecule has 1 amide bonds. The molecular formula is C16H14FNO2. The van der Waals surface area contributed by atoms with Gasteiger partial charge >= 0.3 is 0 Å². The highest BCUT2D eigenvalue weighted by Gasteiger charge is 2.28. The van der Waals surface area contributed by atoms with E-state index in [1.165, 1.54) is 12.1 Å². The second-order valence-corrected chi connectivity index (χ2v) is 4.77. The van der Waals surface area contributed by atoms with Crippen LogP contribution >= 0.6 is 0 Å². The molecule has 1 unspecified atom stereocenters. The molecule has 3 rings (SSSR count). The molecule has 1 atom stereocenters. The van der Waals surface area contributed by atoms with Crippen molar-refractivity contribution < 1.29 is 13.9 Å². The number of carbonyl (C=O) groups is 1. The fourth-order valence-electron chi connectivity index (χ4n) is 2.28. The highest BCUT2D eigenvalue weighted by molar-refractivity contribution is 5.82. The van der Waals surface area contributed by atoms with Gasteiger partial charge in [-0.05, 0) is 29.3 Å². The summed E-state index contributed by atoms with van der Waals surface area (Å²) < 4.78 is 18.6. The maximum absolute atomic E-state index is 13.0. The van der Waals surface area contributed by atoms with Gasteiger partial charge in [-0.15, -0.1) is 0 Å². The van der Waals surface area contributed by atoms with Crippen molar-refractivity contribution in [3.05, 3.63) is 65.5 Å². The maximum Gasteiger partial charge on any atom is 0.261 e. The van der Waals surface area contributed by atoms with Crippen LogP contribution in [0.2, 0.25) is 0 Å². The summed E-state index contributed by atoms with van der Waals surface area (Å²) in [4.78, 5) is 12.0. The summed E-state index contributed by atoms with van der Waals surface area (Å²) in [6, 6.07) is 13.8. The molecule has 0 aromatic heterocycles. The molecule has 0 radical (unpaired) electrons. The van der Waals surface area contributed by atoms with Gasteiger partial charge in [0.2, 0.25) is 0 Å². The van der Waals surface area contributed by atoms with Crippen LogP contribution in [-0.2, 0) is 17.8 Å². The molecule has 1 aliphatic rings. The monoisotopic (exact) mass is 271 g/mol. The van der Waals surface area contributed by atoms with E-state index in [1.807, 2.05) is 24.3 Å². The van der Waals surface area contributed by atoms with Crippen LogP contribution in [-0.4, -0.2) is 12.0 Å². The zero-order valence-electron chi connectivity index (χ0n) is 10.8. The maximum atomic E-state index is 13.0. The Labute approximate surface area is 116 Å². The van der Waals surface area contributed by atoms with Crippen molar-refractivity contribution in [2.24, 2.45) is 0 Å². The molecule has 3 nitrogen and oxygen atoms in total. The molecule has 1 aliphatic heterocycles. The molecular weight excluding hydrogens is 257 g/mol. The Hall–Kier alpha value is -2.36. The number of hydrogen-bond acceptors (Lipinski definition) is 2. The van der Waals surface area contributed by atoms with Gasteiger partial charge in [0.1, 0.15) is 11.6 Å². The van der Waals surface area contributed by atoms with Gasteiger partial charge in [-0.25, -0.2) is 4.39 Å². The average Bonchev–Trinajstić information content (AvgIpc) is 2.89. The second-order valence-electron chi connectivity index (χ2n) is 4.77. The second kappa shape index (κ2) is 5.33. The lowest BCUT2D eigenvalue weighted by atomic mass is 10.1. The van der Waals surface area contributed by atoms with Crippen molar-refractivity contribution in [2.75, 3.05) is 0 Å². The summed E-state index contributed by atoms with van der Waals surface area (Å²) in [6.07, 6.45) is 0.0754. The lowest BCUT2D eigenvalue weighted by molar-refractivity contribution is -0.127. The first-order valence-corrected chi connectivity index (χ1v) is 6.49. The topological polar surface area (TPSA) is 38.3 Å². The van der Waals surface area contributed by atoms with Crippen LogP contribution in [0.4, 0.5) is 4.39 Å². The van der Waals surface area contributed by atoms with Gasteiger partial charge in [0.05, 0.1) is 0 Å². The van der Waals surface area contributed by atoms with E-state index in [4.69, 9.17) is 4.74 Å². The zero-order valence-corrected chi connectivity index (χ0v) is 10.8. The fraction of sp³-hybridized carbons (Fsp3) is 0.188. The van der Waals surface area contributed by atoms with Crippen LogP contribution in [0.3, 0.4) is 0 Å². The molecule has 20 heavy (non-hydrogen) atoms. The van der Waals surface area contributed by atoms with E-state index in [0.717, 1.165) is 16.9 Å². The zero-order chi connectivity index (χ0) is 13.9. The molecule has 1 heterocycles. The lowest BCUT2D eigenvalue weighted by Gasteiger charge is -2.11. The summed E-state index contributed by atoms with van der Waals surface area (Å²) >= 11 is 0.